The maximum Gasteiger partial charge on any atom is 0.161 e. The number of hydrogen-bond acceptors (Lipinski definition) is 4. The molecule has 0 radical (unpaired) electrons. The Morgan fingerprint density at radius 3 is 2.37 bits per heavy atom. The Morgan fingerprint density at radius 1 is 1.00 bits per heavy atom. The summed E-state index contributed by atoms with van der Waals surface area (Å²) in [5.74, 6) is 1.29. The first kappa shape index (κ1) is 13.0. The van der Waals surface area contributed by atoms with E-state index in [0.717, 1.165) is 11.8 Å². The van der Waals surface area contributed by atoms with Crippen molar-refractivity contribution in [3.8, 4) is 28.4 Å². The van der Waals surface area contributed by atoms with Crippen LogP contribution in [0.25, 0.3) is 11.1 Å². The minimum Gasteiger partial charge on any atom is -0.508 e. The van der Waals surface area contributed by atoms with Crippen molar-refractivity contribution >= 4 is 6.29 Å². The number of hydrogen-bond donors (Lipinski definition) is 1. The zero-order chi connectivity index (χ0) is 13.8. The number of phenolic OH excluding ortho intramolecular Hbond substituents is 1. The molecule has 0 spiro atoms. The molecule has 2 aromatic rings. The largest absolute Gasteiger partial charge is 0.508 e. The highest BCUT2D eigenvalue weighted by Crippen LogP contribution is 2.34. The van der Waals surface area contributed by atoms with Crippen molar-refractivity contribution < 1.29 is 19.4 Å². The zero-order valence-corrected chi connectivity index (χ0v) is 10.7. The maximum absolute atomic E-state index is 11.1. The fraction of sp³-hybridized carbons (Fsp3) is 0.133. The summed E-state index contributed by atoms with van der Waals surface area (Å²) < 4.78 is 10.4. The van der Waals surface area contributed by atoms with Crippen molar-refractivity contribution in [3.05, 3.63) is 42.0 Å². The lowest BCUT2D eigenvalue weighted by molar-refractivity contribution is 0.112. The molecule has 0 unspecified atom stereocenters. The van der Waals surface area contributed by atoms with Gasteiger partial charge in [-0.25, -0.2) is 0 Å². The smallest absolute Gasteiger partial charge is 0.161 e. The van der Waals surface area contributed by atoms with E-state index in [-0.39, 0.29) is 5.75 Å². The number of carbonyl (C=O) groups is 1. The molecule has 0 saturated heterocycles. The molecule has 0 heterocycles. The first-order valence-corrected chi connectivity index (χ1v) is 5.70. The second kappa shape index (κ2) is 5.44. The standard InChI is InChI=1S/C15H14O4/c1-18-14-6-4-10(7-15(14)19-2)13-8-12(17)5-3-11(13)9-16/h3-9,17H,1-2H3. The van der Waals surface area contributed by atoms with Gasteiger partial charge in [-0.15, -0.1) is 0 Å². The Balaban J connectivity index is 2.58. The average Bonchev–Trinajstić information content (AvgIpc) is 2.46. The van der Waals surface area contributed by atoms with E-state index in [1.54, 1.807) is 38.5 Å². The summed E-state index contributed by atoms with van der Waals surface area (Å²) in [4.78, 5) is 11.1. The number of rotatable bonds is 4. The predicted octanol–water partition coefficient (Wildman–Crippen LogP) is 2.89. The van der Waals surface area contributed by atoms with E-state index < -0.39 is 0 Å². The fourth-order valence-electron chi connectivity index (χ4n) is 1.90. The second-order valence-electron chi connectivity index (χ2n) is 3.96. The van der Waals surface area contributed by atoms with Crippen LogP contribution in [-0.2, 0) is 0 Å². The van der Waals surface area contributed by atoms with Crippen LogP contribution < -0.4 is 9.47 Å². The minimum absolute atomic E-state index is 0.107. The summed E-state index contributed by atoms with van der Waals surface area (Å²) in [7, 11) is 3.10. The highest BCUT2D eigenvalue weighted by Gasteiger charge is 2.10. The molecule has 1 N–H and O–H groups in total. The Hall–Kier alpha value is -2.49. The van der Waals surface area contributed by atoms with Gasteiger partial charge in [-0.3, -0.25) is 4.79 Å². The van der Waals surface area contributed by atoms with Crippen LogP contribution in [-0.4, -0.2) is 25.6 Å². The predicted molar refractivity (Wildman–Crippen MR) is 72.0 cm³/mol. The third-order valence-electron chi connectivity index (χ3n) is 2.86. The monoisotopic (exact) mass is 258 g/mol. The van der Waals surface area contributed by atoms with Crippen molar-refractivity contribution in [2.24, 2.45) is 0 Å². The van der Waals surface area contributed by atoms with Gasteiger partial charge in [-0.1, -0.05) is 6.07 Å². The van der Waals surface area contributed by atoms with E-state index in [1.165, 1.54) is 6.07 Å². The molecule has 2 rings (SSSR count). The van der Waals surface area contributed by atoms with Gasteiger partial charge in [0.05, 0.1) is 14.2 Å². The summed E-state index contributed by atoms with van der Waals surface area (Å²) in [6.07, 6.45) is 0.755. The van der Waals surface area contributed by atoms with Gasteiger partial charge in [-0.05, 0) is 41.5 Å². The number of phenols is 1. The van der Waals surface area contributed by atoms with Crippen LogP contribution in [0.3, 0.4) is 0 Å². The van der Waals surface area contributed by atoms with Gasteiger partial charge in [0.15, 0.2) is 17.8 Å². The third-order valence-corrected chi connectivity index (χ3v) is 2.86. The van der Waals surface area contributed by atoms with Crippen LogP contribution in [0.5, 0.6) is 17.2 Å². The second-order valence-corrected chi connectivity index (χ2v) is 3.96. The summed E-state index contributed by atoms with van der Waals surface area (Å²) >= 11 is 0. The lowest BCUT2D eigenvalue weighted by Crippen LogP contribution is -1.92. The topological polar surface area (TPSA) is 55.8 Å². The lowest BCUT2D eigenvalue weighted by Gasteiger charge is -2.11. The molecule has 0 aliphatic heterocycles. The molecule has 4 nitrogen and oxygen atoms in total. The van der Waals surface area contributed by atoms with Crippen LogP contribution in [0.1, 0.15) is 10.4 Å². The summed E-state index contributed by atoms with van der Waals surface area (Å²) in [5.41, 5.74) is 1.93. The van der Waals surface area contributed by atoms with Gasteiger partial charge in [0.25, 0.3) is 0 Å². The van der Waals surface area contributed by atoms with E-state index >= 15 is 0 Å². The van der Waals surface area contributed by atoms with Crippen molar-refractivity contribution in [2.75, 3.05) is 14.2 Å². The molecule has 19 heavy (non-hydrogen) atoms. The normalized spacial score (nSPS) is 10.0. The average molecular weight is 258 g/mol. The molecule has 0 aliphatic rings. The maximum atomic E-state index is 11.1. The highest BCUT2D eigenvalue weighted by molar-refractivity contribution is 5.88. The molecule has 98 valence electrons. The number of benzene rings is 2. The summed E-state index contributed by atoms with van der Waals surface area (Å²) in [6.45, 7) is 0. The number of ether oxygens (including phenoxy) is 2. The summed E-state index contributed by atoms with van der Waals surface area (Å²) in [6, 6.07) is 9.93. The number of aromatic hydroxyl groups is 1. The molecule has 0 amide bonds. The Labute approximate surface area is 111 Å². The molecule has 2 aromatic carbocycles. The van der Waals surface area contributed by atoms with Crippen molar-refractivity contribution in [1.82, 2.24) is 0 Å². The lowest BCUT2D eigenvalue weighted by atomic mass is 9.99. The zero-order valence-electron chi connectivity index (χ0n) is 10.7. The molecular formula is C15H14O4. The molecule has 0 saturated carbocycles. The highest BCUT2D eigenvalue weighted by atomic mass is 16.5. The van der Waals surface area contributed by atoms with Gasteiger partial charge in [0, 0.05) is 5.56 Å². The van der Waals surface area contributed by atoms with E-state index in [9.17, 15) is 9.90 Å². The number of methoxy groups -OCH3 is 2. The fourth-order valence-corrected chi connectivity index (χ4v) is 1.90. The first-order valence-electron chi connectivity index (χ1n) is 5.70. The Kier molecular flexibility index (Phi) is 3.71. The van der Waals surface area contributed by atoms with Gasteiger partial charge in [0.2, 0.25) is 0 Å². The molecule has 0 fully saturated rings. The van der Waals surface area contributed by atoms with E-state index in [2.05, 4.69) is 0 Å². The molecule has 0 atom stereocenters. The van der Waals surface area contributed by atoms with Crippen molar-refractivity contribution in [1.29, 1.82) is 0 Å². The minimum atomic E-state index is 0.107. The molecule has 4 heteroatoms. The molecule has 0 aromatic heterocycles. The van der Waals surface area contributed by atoms with Crippen molar-refractivity contribution in [3.63, 3.8) is 0 Å². The SMILES string of the molecule is COc1ccc(-c2cc(O)ccc2C=O)cc1OC. The Morgan fingerprint density at radius 2 is 1.74 bits per heavy atom. The van der Waals surface area contributed by atoms with Crippen LogP contribution in [0.4, 0.5) is 0 Å². The van der Waals surface area contributed by atoms with Crippen LogP contribution in [0, 0.1) is 0 Å². The van der Waals surface area contributed by atoms with E-state index in [4.69, 9.17) is 9.47 Å². The van der Waals surface area contributed by atoms with Gasteiger partial charge >= 0.3 is 0 Å². The van der Waals surface area contributed by atoms with Crippen molar-refractivity contribution in [2.45, 2.75) is 0 Å². The quantitative estimate of drug-likeness (QED) is 0.857. The third kappa shape index (κ3) is 2.52. The Bertz CT molecular complexity index is 605. The molecular weight excluding hydrogens is 244 g/mol. The first-order chi connectivity index (χ1) is 9.19. The van der Waals surface area contributed by atoms with Gasteiger partial charge in [-0.2, -0.15) is 0 Å². The van der Waals surface area contributed by atoms with Crippen LogP contribution in [0.15, 0.2) is 36.4 Å². The summed E-state index contributed by atoms with van der Waals surface area (Å²) in [5, 5.41) is 9.55. The van der Waals surface area contributed by atoms with E-state index in [1.807, 2.05) is 6.07 Å². The number of carbonyl (C=O) groups excluding carboxylic acids is 1. The van der Waals surface area contributed by atoms with E-state index in [0.29, 0.717) is 22.6 Å². The molecule has 0 bridgehead atoms. The van der Waals surface area contributed by atoms with Gasteiger partial charge < -0.3 is 14.6 Å². The van der Waals surface area contributed by atoms with Crippen LogP contribution in [0.2, 0.25) is 0 Å². The van der Waals surface area contributed by atoms with Gasteiger partial charge in [0.1, 0.15) is 5.75 Å². The molecule has 0 aliphatic carbocycles. The number of aldehydes is 1. The van der Waals surface area contributed by atoms with Crippen LogP contribution >= 0.6 is 0 Å².